The van der Waals surface area contributed by atoms with Gasteiger partial charge in [0.15, 0.2) is 0 Å². The lowest BCUT2D eigenvalue weighted by atomic mass is 9.97. The van der Waals surface area contributed by atoms with Gasteiger partial charge < -0.3 is 14.7 Å². The second-order valence-electron chi connectivity index (χ2n) is 9.37. The van der Waals surface area contributed by atoms with Crippen LogP contribution < -0.4 is 0 Å². The fourth-order valence-electron chi connectivity index (χ4n) is 4.48. The molecule has 1 fully saturated rings. The van der Waals surface area contributed by atoms with E-state index >= 15 is 0 Å². The second-order valence-corrected chi connectivity index (χ2v) is 9.37. The van der Waals surface area contributed by atoms with E-state index in [9.17, 15) is 9.90 Å². The fourth-order valence-corrected chi connectivity index (χ4v) is 4.48. The van der Waals surface area contributed by atoms with Gasteiger partial charge in [-0.05, 0) is 56.7 Å². The Balaban J connectivity index is 1.51. The van der Waals surface area contributed by atoms with Gasteiger partial charge >= 0.3 is 0 Å². The van der Waals surface area contributed by atoms with Gasteiger partial charge in [0.1, 0.15) is 5.69 Å². The molecular formula is C28H30N4O3. The predicted molar refractivity (Wildman–Crippen MR) is 136 cm³/mol. The summed E-state index contributed by atoms with van der Waals surface area (Å²) in [5.74, 6) is 0.0264. The van der Waals surface area contributed by atoms with Crippen molar-refractivity contribution in [2.45, 2.75) is 32.9 Å². The zero-order valence-corrected chi connectivity index (χ0v) is 20.4. The molecule has 5 rings (SSSR count). The van der Waals surface area contributed by atoms with Crippen LogP contribution >= 0.6 is 0 Å². The molecule has 0 radical (unpaired) electrons. The predicted octanol–water partition coefficient (Wildman–Crippen LogP) is 4.49. The number of benzene rings is 2. The number of aliphatic hydroxyl groups is 1. The first kappa shape index (κ1) is 23.2. The van der Waals surface area contributed by atoms with Crippen molar-refractivity contribution in [3.8, 4) is 22.5 Å². The zero-order chi connectivity index (χ0) is 24.6. The number of carbonyl (C=O) groups is 1. The molecule has 1 saturated heterocycles. The smallest absolute Gasteiger partial charge is 0.254 e. The summed E-state index contributed by atoms with van der Waals surface area (Å²) in [5, 5.41) is 16.2. The molecule has 7 nitrogen and oxygen atoms in total. The number of ether oxygens (including phenoxy) is 1. The fraction of sp³-hybridized carbons (Fsp3) is 0.321. The Labute approximate surface area is 205 Å². The Morgan fingerprint density at radius 3 is 2.43 bits per heavy atom. The van der Waals surface area contributed by atoms with E-state index in [0.29, 0.717) is 31.9 Å². The van der Waals surface area contributed by atoms with Gasteiger partial charge in [-0.2, -0.15) is 5.10 Å². The van der Waals surface area contributed by atoms with E-state index in [4.69, 9.17) is 9.84 Å². The number of rotatable bonds is 5. The Bertz CT molecular complexity index is 1360. The maximum absolute atomic E-state index is 13.1. The number of fused-ring (bicyclic) bond motifs is 1. The van der Waals surface area contributed by atoms with Crippen molar-refractivity contribution < 1.29 is 14.6 Å². The lowest BCUT2D eigenvalue weighted by Crippen LogP contribution is -2.40. The van der Waals surface area contributed by atoms with E-state index in [2.05, 4.69) is 11.9 Å². The topological polar surface area (TPSA) is 80.5 Å². The monoisotopic (exact) mass is 470 g/mol. The molecule has 0 unspecified atom stereocenters. The highest BCUT2D eigenvalue weighted by Crippen LogP contribution is 2.31. The summed E-state index contributed by atoms with van der Waals surface area (Å²) < 4.78 is 7.36. The van der Waals surface area contributed by atoms with Gasteiger partial charge in [0.2, 0.25) is 0 Å². The van der Waals surface area contributed by atoms with Gasteiger partial charge in [-0.1, -0.05) is 24.3 Å². The number of pyridine rings is 1. The van der Waals surface area contributed by atoms with E-state index in [0.717, 1.165) is 45.5 Å². The largest absolute Gasteiger partial charge is 0.386 e. The van der Waals surface area contributed by atoms with Crippen molar-refractivity contribution in [2.75, 3.05) is 26.3 Å². The average molecular weight is 471 g/mol. The van der Waals surface area contributed by atoms with E-state index in [1.54, 1.807) is 20.0 Å². The third-order valence-corrected chi connectivity index (χ3v) is 6.52. The highest BCUT2D eigenvalue weighted by molar-refractivity contribution is 6.01. The molecule has 7 heteroatoms. The van der Waals surface area contributed by atoms with Crippen molar-refractivity contribution in [2.24, 2.45) is 0 Å². The third-order valence-electron chi connectivity index (χ3n) is 6.52. The van der Waals surface area contributed by atoms with Crippen LogP contribution in [0.25, 0.3) is 33.4 Å². The molecule has 0 spiro atoms. The highest BCUT2D eigenvalue weighted by Gasteiger charge is 2.21. The van der Waals surface area contributed by atoms with Crippen LogP contribution in [0.2, 0.25) is 0 Å². The summed E-state index contributed by atoms with van der Waals surface area (Å²) in [6.07, 6.45) is 1.72. The summed E-state index contributed by atoms with van der Waals surface area (Å²) in [5.41, 5.74) is 5.14. The molecule has 180 valence electrons. The van der Waals surface area contributed by atoms with Crippen molar-refractivity contribution in [3.05, 3.63) is 71.9 Å². The molecule has 0 bridgehead atoms. The molecule has 4 aromatic rings. The Hall–Kier alpha value is -3.55. The van der Waals surface area contributed by atoms with E-state index in [1.807, 2.05) is 64.2 Å². The first-order valence-corrected chi connectivity index (χ1v) is 12.0. The van der Waals surface area contributed by atoms with Crippen LogP contribution in [0.15, 0.2) is 60.8 Å². The van der Waals surface area contributed by atoms with E-state index in [-0.39, 0.29) is 5.91 Å². The molecule has 1 N–H and O–H groups in total. The summed E-state index contributed by atoms with van der Waals surface area (Å²) in [7, 11) is 0. The lowest BCUT2D eigenvalue weighted by molar-refractivity contribution is 0.0303. The molecular weight excluding hydrogens is 440 g/mol. The zero-order valence-electron chi connectivity index (χ0n) is 20.4. The quantitative estimate of drug-likeness (QED) is 0.465. The molecule has 35 heavy (non-hydrogen) atoms. The van der Waals surface area contributed by atoms with Crippen LogP contribution in [0.4, 0.5) is 0 Å². The first-order chi connectivity index (χ1) is 16.8. The van der Waals surface area contributed by atoms with Crippen LogP contribution in [0.5, 0.6) is 0 Å². The van der Waals surface area contributed by atoms with E-state index < -0.39 is 5.60 Å². The number of aryl methyl sites for hydroxylation is 1. The molecule has 0 saturated carbocycles. The number of amides is 1. The molecule has 1 aliphatic heterocycles. The summed E-state index contributed by atoms with van der Waals surface area (Å²) in [6, 6.07) is 17.7. The average Bonchev–Trinajstić information content (AvgIpc) is 3.26. The van der Waals surface area contributed by atoms with Crippen LogP contribution in [0.1, 0.15) is 36.7 Å². The van der Waals surface area contributed by atoms with Crippen molar-refractivity contribution >= 4 is 16.8 Å². The number of aromatic nitrogens is 3. The lowest BCUT2D eigenvalue weighted by Gasteiger charge is -2.26. The summed E-state index contributed by atoms with van der Waals surface area (Å²) >= 11 is 0. The Morgan fingerprint density at radius 1 is 1.03 bits per heavy atom. The Kier molecular flexibility index (Phi) is 6.13. The number of morpholine rings is 1. The Morgan fingerprint density at radius 2 is 1.74 bits per heavy atom. The normalized spacial score (nSPS) is 14.5. The second kappa shape index (κ2) is 9.24. The van der Waals surface area contributed by atoms with Crippen LogP contribution in [0.3, 0.4) is 0 Å². The minimum atomic E-state index is -0.931. The number of carbonyl (C=O) groups excluding carboxylic acids is 1. The van der Waals surface area contributed by atoms with Gasteiger partial charge in [0, 0.05) is 47.9 Å². The molecule has 1 amide bonds. The third kappa shape index (κ3) is 4.57. The summed E-state index contributed by atoms with van der Waals surface area (Å²) in [4.78, 5) is 19.4. The highest BCUT2D eigenvalue weighted by atomic mass is 16.5. The summed E-state index contributed by atoms with van der Waals surface area (Å²) in [6.45, 7) is 8.71. The van der Waals surface area contributed by atoms with Crippen LogP contribution in [0, 0.1) is 0 Å². The van der Waals surface area contributed by atoms with Gasteiger partial charge in [0.25, 0.3) is 5.91 Å². The SMILES string of the molecule is CCn1nc(-c2ccc(-c3cc(C(C)(C)O)ccn3)cc2)c2cc(C(=O)N3CCOCC3)ccc21. The minimum absolute atomic E-state index is 0.0264. The maximum Gasteiger partial charge on any atom is 0.254 e. The van der Waals surface area contributed by atoms with Crippen LogP contribution in [-0.2, 0) is 16.9 Å². The number of hydrogen-bond acceptors (Lipinski definition) is 5. The number of nitrogens with zero attached hydrogens (tertiary/aromatic N) is 4. The van der Waals surface area contributed by atoms with Gasteiger partial charge in [-0.15, -0.1) is 0 Å². The van der Waals surface area contributed by atoms with Crippen molar-refractivity contribution in [1.82, 2.24) is 19.7 Å². The van der Waals surface area contributed by atoms with E-state index in [1.165, 1.54) is 0 Å². The van der Waals surface area contributed by atoms with Crippen molar-refractivity contribution in [3.63, 3.8) is 0 Å². The molecule has 0 aliphatic carbocycles. The van der Waals surface area contributed by atoms with Gasteiger partial charge in [-0.25, -0.2) is 0 Å². The van der Waals surface area contributed by atoms with Gasteiger partial charge in [0.05, 0.1) is 30.0 Å². The standard InChI is InChI=1S/C28H30N4O3/c1-4-32-25-10-9-21(27(33)31-13-15-35-16-14-31)17-23(25)26(30-32)20-7-5-19(6-8-20)24-18-22(11-12-29-24)28(2,3)34/h5-12,17-18,34H,4,13-16H2,1-3H3. The molecule has 2 aromatic heterocycles. The van der Waals surface area contributed by atoms with Gasteiger partial charge in [-0.3, -0.25) is 14.5 Å². The van der Waals surface area contributed by atoms with Crippen molar-refractivity contribution in [1.29, 1.82) is 0 Å². The number of hydrogen-bond donors (Lipinski definition) is 1. The molecule has 0 atom stereocenters. The molecule has 2 aromatic carbocycles. The molecule has 3 heterocycles. The molecule has 1 aliphatic rings. The van der Waals surface area contributed by atoms with Crippen LogP contribution in [-0.4, -0.2) is 57.0 Å². The minimum Gasteiger partial charge on any atom is -0.386 e. The maximum atomic E-state index is 13.1. The first-order valence-electron chi connectivity index (χ1n) is 12.0.